The third kappa shape index (κ3) is 3.52. The first kappa shape index (κ1) is 17.4. The molecular weight excluding hydrogens is 331 g/mol. The van der Waals surface area contributed by atoms with Crippen molar-refractivity contribution in [2.75, 3.05) is 0 Å². The molecule has 0 fully saturated rings. The molecule has 2 aromatic carbocycles. The third-order valence-corrected chi connectivity index (χ3v) is 4.73. The van der Waals surface area contributed by atoms with E-state index in [0.29, 0.717) is 0 Å². The van der Waals surface area contributed by atoms with Gasteiger partial charge in [0.2, 0.25) is 5.95 Å². The molecule has 0 radical (unpaired) electrons. The van der Waals surface area contributed by atoms with Gasteiger partial charge in [-0.2, -0.15) is 4.39 Å². The van der Waals surface area contributed by atoms with Crippen LogP contribution in [0.1, 0.15) is 16.8 Å². The zero-order chi connectivity index (χ0) is 17.9. The third-order valence-electron chi connectivity index (χ3n) is 3.81. The fourth-order valence-corrected chi connectivity index (χ4v) is 4.22. The number of hydrogen-bond acceptors (Lipinski definition) is 3. The summed E-state index contributed by atoms with van der Waals surface area (Å²) < 4.78 is 21.5. The Morgan fingerprint density at radius 3 is 1.72 bits per heavy atom. The Balaban J connectivity index is 2.38. The van der Waals surface area contributed by atoms with Gasteiger partial charge in [-0.05, 0) is 30.8 Å². The van der Waals surface area contributed by atoms with E-state index in [2.05, 4.69) is 29.6 Å². The SMILES string of the molecule is C[Si](C)(C)OC(c1ccccc1)(c1ccccc1)c1nccnc1F. The number of hydrogen-bond donors (Lipinski definition) is 0. The van der Waals surface area contributed by atoms with Gasteiger partial charge in [0.05, 0.1) is 0 Å². The minimum atomic E-state index is -2.10. The van der Waals surface area contributed by atoms with Crippen LogP contribution in [-0.2, 0) is 10.0 Å². The van der Waals surface area contributed by atoms with E-state index in [0.717, 1.165) is 11.1 Å². The summed E-state index contributed by atoms with van der Waals surface area (Å²) in [5.41, 5.74) is 0.728. The molecule has 0 saturated heterocycles. The predicted octanol–water partition coefficient (Wildman–Crippen LogP) is 4.76. The standard InChI is InChI=1S/C20H21FN2OSi/c1-25(2,3)24-20(16-10-6-4-7-11-16,17-12-8-5-9-13-17)18-19(21)23-15-14-22-18/h4-15H,1-3H3. The van der Waals surface area contributed by atoms with Crippen molar-refractivity contribution >= 4 is 8.32 Å². The second kappa shape index (κ2) is 6.86. The van der Waals surface area contributed by atoms with E-state index in [1.807, 2.05) is 60.7 Å². The molecule has 3 aromatic rings. The van der Waals surface area contributed by atoms with Gasteiger partial charge in [0.25, 0.3) is 0 Å². The van der Waals surface area contributed by atoms with Crippen LogP contribution in [0.4, 0.5) is 4.39 Å². The van der Waals surface area contributed by atoms with Gasteiger partial charge < -0.3 is 4.43 Å². The van der Waals surface area contributed by atoms with E-state index < -0.39 is 19.9 Å². The maximum Gasteiger partial charge on any atom is 0.238 e. The molecule has 5 heteroatoms. The summed E-state index contributed by atoms with van der Waals surface area (Å²) in [4.78, 5) is 8.18. The molecule has 0 aliphatic carbocycles. The first-order valence-electron chi connectivity index (χ1n) is 8.22. The van der Waals surface area contributed by atoms with Crippen LogP contribution in [0.5, 0.6) is 0 Å². The van der Waals surface area contributed by atoms with Gasteiger partial charge in [0.15, 0.2) is 13.9 Å². The summed E-state index contributed by atoms with van der Waals surface area (Å²) in [6.45, 7) is 6.26. The highest BCUT2D eigenvalue weighted by Gasteiger charge is 2.44. The minimum Gasteiger partial charge on any atom is -0.399 e. The number of aromatic nitrogens is 2. The molecule has 3 nitrogen and oxygen atoms in total. The summed E-state index contributed by atoms with van der Waals surface area (Å²) in [5.74, 6) is -0.617. The molecule has 0 saturated carbocycles. The average molecular weight is 352 g/mol. The highest BCUT2D eigenvalue weighted by molar-refractivity contribution is 6.69. The Morgan fingerprint density at radius 1 is 0.800 bits per heavy atom. The van der Waals surface area contributed by atoms with Crippen molar-refractivity contribution < 1.29 is 8.82 Å². The second-order valence-corrected chi connectivity index (χ2v) is 11.3. The smallest absolute Gasteiger partial charge is 0.238 e. The molecule has 0 spiro atoms. The van der Waals surface area contributed by atoms with Crippen molar-refractivity contribution in [3.05, 3.63) is 95.8 Å². The largest absolute Gasteiger partial charge is 0.399 e. The zero-order valence-corrected chi connectivity index (χ0v) is 15.6. The van der Waals surface area contributed by atoms with Crippen LogP contribution in [-0.4, -0.2) is 18.3 Å². The van der Waals surface area contributed by atoms with Crippen LogP contribution in [0, 0.1) is 5.95 Å². The van der Waals surface area contributed by atoms with Gasteiger partial charge in [-0.25, -0.2) is 4.98 Å². The number of halogens is 1. The van der Waals surface area contributed by atoms with Gasteiger partial charge in [-0.3, -0.25) is 4.98 Å². The molecule has 1 heterocycles. The number of nitrogens with zero attached hydrogens (tertiary/aromatic N) is 2. The first-order valence-corrected chi connectivity index (χ1v) is 11.6. The Morgan fingerprint density at radius 2 is 1.28 bits per heavy atom. The van der Waals surface area contributed by atoms with Crippen LogP contribution in [0.15, 0.2) is 73.1 Å². The Hall–Kier alpha value is -2.37. The van der Waals surface area contributed by atoms with Crippen LogP contribution in [0.3, 0.4) is 0 Å². The summed E-state index contributed by atoms with van der Waals surface area (Å²) >= 11 is 0. The molecule has 0 N–H and O–H groups in total. The lowest BCUT2D eigenvalue weighted by atomic mass is 9.83. The summed E-state index contributed by atoms with van der Waals surface area (Å²) in [7, 11) is -2.10. The fourth-order valence-electron chi connectivity index (χ4n) is 2.97. The maximum atomic E-state index is 14.8. The van der Waals surface area contributed by atoms with Crippen molar-refractivity contribution in [2.45, 2.75) is 25.2 Å². The molecule has 128 valence electrons. The molecule has 0 amide bonds. The lowest BCUT2D eigenvalue weighted by Gasteiger charge is -2.39. The summed E-state index contributed by atoms with van der Waals surface area (Å²) in [6.07, 6.45) is 2.86. The minimum absolute atomic E-state index is 0.190. The monoisotopic (exact) mass is 352 g/mol. The number of benzene rings is 2. The van der Waals surface area contributed by atoms with Crippen LogP contribution < -0.4 is 0 Å². The maximum absolute atomic E-state index is 14.8. The van der Waals surface area contributed by atoms with Gasteiger partial charge in [-0.15, -0.1) is 0 Å². The molecular formula is C20H21FN2OSi. The number of rotatable bonds is 5. The first-order chi connectivity index (χ1) is 11.9. The molecule has 0 unspecified atom stereocenters. The van der Waals surface area contributed by atoms with Crippen LogP contribution in [0.2, 0.25) is 19.6 Å². The predicted molar refractivity (Wildman–Crippen MR) is 99.2 cm³/mol. The van der Waals surface area contributed by atoms with Crippen molar-refractivity contribution in [1.82, 2.24) is 9.97 Å². The summed E-state index contributed by atoms with van der Waals surface area (Å²) in [6, 6.07) is 19.3. The molecule has 0 bridgehead atoms. The van der Waals surface area contributed by atoms with E-state index >= 15 is 0 Å². The van der Waals surface area contributed by atoms with Crippen molar-refractivity contribution in [3.63, 3.8) is 0 Å². The Kier molecular flexibility index (Phi) is 4.79. The van der Waals surface area contributed by atoms with Gasteiger partial charge in [0.1, 0.15) is 5.69 Å². The van der Waals surface area contributed by atoms with Crippen LogP contribution >= 0.6 is 0 Å². The Labute approximate surface area is 148 Å². The molecule has 1 aromatic heterocycles. The highest BCUT2D eigenvalue weighted by Crippen LogP contribution is 2.42. The van der Waals surface area contributed by atoms with Gasteiger partial charge in [0, 0.05) is 12.4 Å². The van der Waals surface area contributed by atoms with Crippen molar-refractivity contribution in [2.24, 2.45) is 0 Å². The average Bonchev–Trinajstić information content (AvgIpc) is 2.61. The zero-order valence-electron chi connectivity index (χ0n) is 14.6. The molecule has 0 aliphatic rings. The molecule has 0 aliphatic heterocycles. The van der Waals surface area contributed by atoms with E-state index in [4.69, 9.17) is 4.43 Å². The van der Waals surface area contributed by atoms with E-state index in [1.165, 1.54) is 12.4 Å². The summed E-state index contributed by atoms with van der Waals surface area (Å²) in [5, 5.41) is 0. The molecule has 3 rings (SSSR count). The normalized spacial score (nSPS) is 12.2. The lowest BCUT2D eigenvalue weighted by Crippen LogP contribution is -2.43. The molecule has 25 heavy (non-hydrogen) atoms. The van der Waals surface area contributed by atoms with E-state index in [-0.39, 0.29) is 5.69 Å². The van der Waals surface area contributed by atoms with Gasteiger partial charge in [-0.1, -0.05) is 60.7 Å². The van der Waals surface area contributed by atoms with E-state index in [9.17, 15) is 4.39 Å². The topological polar surface area (TPSA) is 35.0 Å². The van der Waals surface area contributed by atoms with E-state index in [1.54, 1.807) is 0 Å². The lowest BCUT2D eigenvalue weighted by molar-refractivity contribution is 0.135. The highest BCUT2D eigenvalue weighted by atomic mass is 28.4. The van der Waals surface area contributed by atoms with Crippen LogP contribution in [0.25, 0.3) is 0 Å². The fraction of sp³-hybridized carbons (Fsp3) is 0.200. The quantitative estimate of drug-likeness (QED) is 0.621. The molecule has 0 atom stereocenters. The van der Waals surface area contributed by atoms with Crippen molar-refractivity contribution in [3.8, 4) is 0 Å². The second-order valence-electron chi connectivity index (χ2n) is 6.82. The Bertz CT molecular complexity index is 796. The van der Waals surface area contributed by atoms with Crippen molar-refractivity contribution in [1.29, 1.82) is 0 Å². The van der Waals surface area contributed by atoms with Gasteiger partial charge >= 0.3 is 0 Å².